The summed E-state index contributed by atoms with van der Waals surface area (Å²) in [6, 6.07) is 6.20. The Morgan fingerprint density at radius 2 is 1.71 bits per heavy atom. The van der Waals surface area contributed by atoms with E-state index < -0.39 is 17.8 Å². The quantitative estimate of drug-likeness (QED) is 0.290. The van der Waals surface area contributed by atoms with Crippen molar-refractivity contribution in [3.8, 4) is 17.1 Å². The van der Waals surface area contributed by atoms with E-state index in [1.807, 2.05) is 4.90 Å². The Balaban J connectivity index is 1.14. The maximum atomic E-state index is 14.1. The second-order valence-electron chi connectivity index (χ2n) is 12.0. The molecule has 3 aromatic heterocycles. The number of alkyl halides is 3. The predicted octanol–water partition coefficient (Wildman–Crippen LogP) is 2.98. The normalized spacial score (nSPS) is 15.8. The third-order valence-electron chi connectivity index (χ3n) is 8.73. The molecule has 2 radical (unpaired) electrons. The van der Waals surface area contributed by atoms with Gasteiger partial charge in [-0.25, -0.2) is 0 Å². The number of hydrogen-bond acceptors (Lipinski definition) is 7. The summed E-state index contributed by atoms with van der Waals surface area (Å²) in [4.78, 5) is 51.2. The Morgan fingerprint density at radius 3 is 2.37 bits per heavy atom. The van der Waals surface area contributed by atoms with Gasteiger partial charge < -0.3 is 15.1 Å². The summed E-state index contributed by atoms with van der Waals surface area (Å²) in [5, 5.41) is 9.82. The number of halogens is 4. The minimum absolute atomic E-state index is 0.0138. The molecule has 0 atom stereocenters. The first kappa shape index (κ1) is 34.7. The second kappa shape index (κ2) is 14.0. The fourth-order valence-corrected chi connectivity index (χ4v) is 6.91. The van der Waals surface area contributed by atoms with Gasteiger partial charge in [0.15, 0.2) is 0 Å². The predicted molar refractivity (Wildman–Crippen MR) is 176 cm³/mol. The van der Waals surface area contributed by atoms with Crippen molar-refractivity contribution in [1.29, 1.82) is 0 Å². The number of benzene rings is 1. The zero-order valence-corrected chi connectivity index (χ0v) is 29.2. The summed E-state index contributed by atoms with van der Waals surface area (Å²) in [6.45, 7) is 5.01. The maximum absolute atomic E-state index is 14.1. The number of aromatic nitrogens is 5. The molecule has 0 aliphatic carbocycles. The molecular weight excluding hydrogens is 726 g/mol. The minimum atomic E-state index is -4.80. The van der Waals surface area contributed by atoms with Gasteiger partial charge in [-0.2, -0.15) is 0 Å². The van der Waals surface area contributed by atoms with Crippen LogP contribution >= 0.6 is 11.6 Å². The molecule has 5 heterocycles. The van der Waals surface area contributed by atoms with Crippen LogP contribution in [0.2, 0.25) is 5.02 Å². The number of nitrogens with one attached hydrogen (secondary N) is 2. The fraction of sp³-hybridized carbons (Fsp3) is 0.375. The molecule has 2 fully saturated rings. The Bertz CT molecular complexity index is 1910. The van der Waals surface area contributed by atoms with Crippen LogP contribution in [-0.4, -0.2) is 108 Å². The number of piperazine rings is 1. The fourth-order valence-electron chi connectivity index (χ4n) is 6.12. The number of imidazole rings is 1. The Kier molecular flexibility index (Phi) is 9.88. The molecule has 256 valence electrons. The van der Waals surface area contributed by atoms with Gasteiger partial charge in [-0.05, 0) is 44.1 Å². The molecule has 12 nitrogen and oxygen atoms in total. The summed E-state index contributed by atoms with van der Waals surface area (Å²) < 4.78 is 45.4. The monoisotopic (exact) mass is 757 g/mol. The van der Waals surface area contributed by atoms with E-state index in [1.165, 1.54) is 48.4 Å². The van der Waals surface area contributed by atoms with E-state index in [2.05, 4.69) is 42.6 Å². The van der Waals surface area contributed by atoms with Gasteiger partial charge in [0.25, 0.3) is 5.91 Å². The molecular formula is C32H32AsClF3N9O3. The first-order valence-corrected chi connectivity index (χ1v) is 16.9. The van der Waals surface area contributed by atoms with Gasteiger partial charge in [-0.15, -0.1) is 0 Å². The van der Waals surface area contributed by atoms with Crippen molar-refractivity contribution in [2.75, 3.05) is 44.6 Å². The van der Waals surface area contributed by atoms with Crippen LogP contribution in [0.5, 0.6) is 0 Å². The number of rotatable bonds is 6. The van der Waals surface area contributed by atoms with Crippen molar-refractivity contribution in [2.24, 2.45) is 13.0 Å². The first-order valence-electron chi connectivity index (χ1n) is 15.6. The molecule has 0 bridgehead atoms. The van der Waals surface area contributed by atoms with Crippen LogP contribution in [0.15, 0.2) is 42.9 Å². The molecule has 2 aliphatic rings. The number of amides is 3. The van der Waals surface area contributed by atoms with Gasteiger partial charge in [-0.1, -0.05) is 11.6 Å². The molecule has 49 heavy (non-hydrogen) atoms. The topological polar surface area (TPSA) is 130 Å². The second-order valence-corrected chi connectivity index (χ2v) is 13.5. The average molecular weight is 758 g/mol. The van der Waals surface area contributed by atoms with E-state index in [9.17, 15) is 27.6 Å². The molecule has 1 aromatic carbocycles. The van der Waals surface area contributed by atoms with Crippen LogP contribution in [0, 0.1) is 12.8 Å². The number of carbonyl (C=O) groups is 3. The van der Waals surface area contributed by atoms with Crippen molar-refractivity contribution < 1.29 is 27.6 Å². The van der Waals surface area contributed by atoms with Gasteiger partial charge in [0, 0.05) is 37.8 Å². The Morgan fingerprint density at radius 1 is 1.02 bits per heavy atom. The van der Waals surface area contributed by atoms with E-state index in [4.69, 9.17) is 11.6 Å². The van der Waals surface area contributed by atoms with Crippen molar-refractivity contribution in [2.45, 2.75) is 25.9 Å². The van der Waals surface area contributed by atoms with Crippen LogP contribution in [0.4, 0.5) is 18.9 Å². The summed E-state index contributed by atoms with van der Waals surface area (Å²) in [7, 11) is 1.43. The summed E-state index contributed by atoms with van der Waals surface area (Å²) in [5.41, 5.74) is -0.285. The van der Waals surface area contributed by atoms with Crippen LogP contribution in [0.1, 0.15) is 45.1 Å². The van der Waals surface area contributed by atoms with Gasteiger partial charge in [0.1, 0.15) is 0 Å². The molecule has 0 unspecified atom stereocenters. The van der Waals surface area contributed by atoms with Crippen molar-refractivity contribution >= 4 is 56.2 Å². The van der Waals surface area contributed by atoms with E-state index >= 15 is 0 Å². The number of piperidine rings is 1. The van der Waals surface area contributed by atoms with Gasteiger partial charge in [0.05, 0.1) is 10.6 Å². The summed E-state index contributed by atoms with van der Waals surface area (Å²) in [5.74, 6) is -0.770. The summed E-state index contributed by atoms with van der Waals surface area (Å²) in [6.07, 6.45) is 0.730. The van der Waals surface area contributed by atoms with Gasteiger partial charge in [-0.3, -0.25) is 9.59 Å². The number of anilines is 1. The molecule has 17 heteroatoms. The molecule has 3 amide bonds. The average Bonchev–Trinajstić information content (AvgIpc) is 3.68. The van der Waals surface area contributed by atoms with E-state index in [0.29, 0.717) is 31.7 Å². The number of hydrogen-bond donors (Lipinski definition) is 2. The Hall–Kier alpha value is -4.20. The third-order valence-corrected chi connectivity index (χ3v) is 9.55. The molecule has 2 N–H and O–H groups in total. The first-order chi connectivity index (χ1) is 23.3. The van der Waals surface area contributed by atoms with Crippen LogP contribution < -0.4 is 15.0 Å². The van der Waals surface area contributed by atoms with Crippen LogP contribution in [0.3, 0.4) is 0 Å². The third kappa shape index (κ3) is 7.24. The van der Waals surface area contributed by atoms with Crippen molar-refractivity contribution in [3.63, 3.8) is 0 Å². The van der Waals surface area contributed by atoms with Gasteiger partial charge >= 0.3 is 154 Å². The van der Waals surface area contributed by atoms with Crippen molar-refractivity contribution in [3.05, 3.63) is 70.5 Å². The molecule has 0 saturated carbocycles. The molecule has 6 rings (SSSR count). The number of nitrogens with zero attached hydrogens (tertiary/aromatic N) is 7. The number of carbonyl (C=O) groups excluding carboxylic acids is 3. The van der Waals surface area contributed by atoms with E-state index in [-0.39, 0.29) is 56.9 Å². The molecule has 0 spiro atoms. The Labute approximate surface area is 293 Å². The van der Waals surface area contributed by atoms with Crippen LogP contribution in [0.25, 0.3) is 17.1 Å². The molecule has 4 aromatic rings. The van der Waals surface area contributed by atoms with Crippen molar-refractivity contribution in [1.82, 2.24) is 39.4 Å². The zero-order chi connectivity index (χ0) is 35.0. The molecule has 2 aliphatic heterocycles. The number of pyridine rings is 1. The zero-order valence-electron chi connectivity index (χ0n) is 26.6. The van der Waals surface area contributed by atoms with E-state index in [0.717, 1.165) is 35.0 Å². The number of aryl methyl sites for hydroxylation is 1. The summed E-state index contributed by atoms with van der Waals surface area (Å²) >= 11 is 8.81. The van der Waals surface area contributed by atoms with Gasteiger partial charge in [0.2, 0.25) is 5.91 Å². The SMILES string of the molecule is Cc1cc([As])cnc1-n1cc(-c2cnc(C(=O)Nc3ccc(C(=O)N4CCN(C(=O)C5CCNCC5)CC4)c(Cl)c3)n2C)c(C(F)(F)F)n1. The van der Waals surface area contributed by atoms with Crippen LogP contribution in [-0.2, 0) is 18.0 Å². The molecule has 2 saturated heterocycles. The standard InChI is InChI=1S/C32H32AsClF3N9O3/c1-18-13-20(33)15-39-27(18)46-17-23(26(42-46)32(35,36)37)25-16-40-28(43(25)2)29(47)41-21-3-4-22(24(34)14-21)31(49)45-11-9-44(10-12-45)30(48)19-5-7-38-8-6-19/h3-4,13-17,19,38H,5-12H2,1-2H3,(H,41,47). The van der Waals surface area contributed by atoms with E-state index in [1.54, 1.807) is 17.9 Å².